The van der Waals surface area contributed by atoms with Gasteiger partial charge in [0.25, 0.3) is 0 Å². The average molecular weight is 279 g/mol. The molecule has 0 unspecified atom stereocenters. The molecule has 0 heterocycles. The summed E-state index contributed by atoms with van der Waals surface area (Å²) in [4.78, 5) is 0. The third-order valence-corrected chi connectivity index (χ3v) is 6.71. The summed E-state index contributed by atoms with van der Waals surface area (Å²) in [5.41, 5.74) is 0. The van der Waals surface area contributed by atoms with Gasteiger partial charge in [-0.1, -0.05) is 44.9 Å². The Balaban J connectivity index is 3.23. The van der Waals surface area contributed by atoms with Crippen LogP contribution in [0, 0.1) is 0 Å². The molecule has 0 aliphatic carbocycles. The quantitative estimate of drug-likeness (QED) is 0.324. The van der Waals surface area contributed by atoms with Crippen molar-refractivity contribution in [2.24, 2.45) is 0 Å². The number of rotatable bonds is 12. The van der Waals surface area contributed by atoms with Crippen molar-refractivity contribution in [1.29, 1.82) is 0 Å². The van der Waals surface area contributed by atoms with Crippen LogP contribution in [-0.4, -0.2) is 28.5 Å². The minimum atomic E-state index is -1.79. The number of hydrogen-bond acceptors (Lipinski definition) is 3. The highest BCUT2D eigenvalue weighted by atomic mass is 32.1. The molecule has 0 saturated carbocycles. The van der Waals surface area contributed by atoms with Crippen molar-refractivity contribution in [2.45, 2.75) is 64.0 Å². The summed E-state index contributed by atoms with van der Waals surface area (Å²) in [5.74, 6) is 1.04. The van der Waals surface area contributed by atoms with Crippen molar-refractivity contribution in [3.05, 3.63) is 0 Å². The molecule has 0 spiro atoms. The lowest BCUT2D eigenvalue weighted by Crippen LogP contribution is -2.35. The zero-order valence-electron chi connectivity index (χ0n) is 11.8. The molecule has 0 N–H and O–H groups in total. The topological polar surface area (TPSA) is 18.5 Å². The highest BCUT2D eigenvalue weighted by Gasteiger charge is 2.27. The van der Waals surface area contributed by atoms with E-state index in [4.69, 9.17) is 8.85 Å². The molecule has 0 aromatic rings. The van der Waals surface area contributed by atoms with Crippen LogP contribution in [0.4, 0.5) is 0 Å². The van der Waals surface area contributed by atoms with Gasteiger partial charge in [0.15, 0.2) is 0 Å². The fourth-order valence-corrected chi connectivity index (χ4v) is 3.60. The van der Waals surface area contributed by atoms with E-state index in [2.05, 4.69) is 19.2 Å². The minimum absolute atomic E-state index is 1.04. The first kappa shape index (κ1) is 17.5. The SMILES string of the molecule is CO[Si](C)(CCCCCCCCCCS)OC. The Kier molecular flexibility index (Phi) is 11.9. The molecule has 0 aromatic heterocycles. The number of thiol groups is 1. The first-order valence-electron chi connectivity index (χ1n) is 6.89. The fourth-order valence-electron chi connectivity index (χ4n) is 1.91. The van der Waals surface area contributed by atoms with E-state index in [1.807, 2.05) is 0 Å². The third-order valence-electron chi connectivity index (χ3n) is 3.40. The van der Waals surface area contributed by atoms with E-state index >= 15 is 0 Å². The molecule has 0 amide bonds. The molecular weight excluding hydrogens is 248 g/mol. The second kappa shape index (κ2) is 11.6. The molecule has 0 aliphatic heterocycles. The van der Waals surface area contributed by atoms with Gasteiger partial charge < -0.3 is 8.85 Å². The van der Waals surface area contributed by atoms with Crippen molar-refractivity contribution < 1.29 is 8.85 Å². The second-order valence-corrected chi connectivity index (χ2v) is 8.88. The summed E-state index contributed by atoms with van der Waals surface area (Å²) >= 11 is 4.22. The zero-order valence-corrected chi connectivity index (χ0v) is 13.7. The van der Waals surface area contributed by atoms with Crippen LogP contribution in [0.15, 0.2) is 0 Å². The maximum absolute atomic E-state index is 5.47. The Bertz CT molecular complexity index is 163. The maximum atomic E-state index is 5.47. The molecule has 0 radical (unpaired) electrons. The summed E-state index contributed by atoms with van der Waals surface area (Å²) in [6.45, 7) is 2.14. The van der Waals surface area contributed by atoms with Gasteiger partial charge in [-0.05, 0) is 24.8 Å². The monoisotopic (exact) mass is 278 g/mol. The standard InChI is InChI=1S/C13H30O2SSi/c1-14-17(3,15-2)13-11-9-7-5-4-6-8-10-12-16/h16H,4-13H2,1-3H3. The highest BCUT2D eigenvalue weighted by molar-refractivity contribution is 7.80. The normalized spacial score (nSPS) is 12.0. The fraction of sp³-hybridized carbons (Fsp3) is 1.00. The van der Waals surface area contributed by atoms with Crippen LogP contribution < -0.4 is 0 Å². The van der Waals surface area contributed by atoms with Crippen molar-refractivity contribution in [1.82, 2.24) is 0 Å². The Morgan fingerprint density at radius 3 is 1.59 bits per heavy atom. The Hall–Kier alpha value is 0.487. The van der Waals surface area contributed by atoms with Gasteiger partial charge in [0.05, 0.1) is 0 Å². The average Bonchev–Trinajstić information content (AvgIpc) is 2.36. The second-order valence-electron chi connectivity index (χ2n) is 4.84. The summed E-state index contributed by atoms with van der Waals surface area (Å²) in [7, 11) is 1.76. The van der Waals surface area contributed by atoms with Crippen LogP contribution in [0.1, 0.15) is 51.4 Å². The predicted molar refractivity (Wildman–Crippen MR) is 81.2 cm³/mol. The van der Waals surface area contributed by atoms with Crippen LogP contribution >= 0.6 is 12.6 Å². The number of unbranched alkanes of at least 4 members (excludes halogenated alkanes) is 7. The lowest BCUT2D eigenvalue weighted by molar-refractivity contribution is 0.248. The van der Waals surface area contributed by atoms with E-state index in [-0.39, 0.29) is 0 Å². The molecule has 0 aliphatic rings. The Morgan fingerprint density at radius 2 is 1.18 bits per heavy atom. The third kappa shape index (κ3) is 10.1. The van der Waals surface area contributed by atoms with Gasteiger partial charge in [0.2, 0.25) is 0 Å². The molecule has 0 fully saturated rings. The van der Waals surface area contributed by atoms with Gasteiger partial charge >= 0.3 is 8.56 Å². The predicted octanol–water partition coefficient (Wildman–Crippen LogP) is 4.40. The summed E-state index contributed by atoms with van der Waals surface area (Å²) in [6.07, 6.45) is 10.7. The van der Waals surface area contributed by atoms with Crippen molar-refractivity contribution in [3.8, 4) is 0 Å². The largest absolute Gasteiger partial charge is 0.398 e. The van der Waals surface area contributed by atoms with Gasteiger partial charge in [0.1, 0.15) is 0 Å². The smallest absolute Gasteiger partial charge is 0.334 e. The van der Waals surface area contributed by atoms with Crippen LogP contribution in [-0.2, 0) is 8.85 Å². The van der Waals surface area contributed by atoms with Gasteiger partial charge in [-0.3, -0.25) is 0 Å². The van der Waals surface area contributed by atoms with Gasteiger partial charge in [0, 0.05) is 14.2 Å². The van der Waals surface area contributed by atoms with E-state index in [1.54, 1.807) is 14.2 Å². The summed E-state index contributed by atoms with van der Waals surface area (Å²) in [5, 5.41) is 0. The first-order valence-corrected chi connectivity index (χ1v) is 10.1. The Morgan fingerprint density at radius 1 is 0.765 bits per heavy atom. The minimum Gasteiger partial charge on any atom is -0.398 e. The van der Waals surface area contributed by atoms with E-state index in [9.17, 15) is 0 Å². The lowest BCUT2D eigenvalue weighted by Gasteiger charge is -2.22. The molecule has 104 valence electrons. The summed E-state index contributed by atoms with van der Waals surface area (Å²) in [6, 6.07) is 1.12. The number of hydrogen-bond donors (Lipinski definition) is 1. The molecule has 0 atom stereocenters. The van der Waals surface area contributed by atoms with Crippen LogP contribution in [0.3, 0.4) is 0 Å². The molecule has 0 aromatic carbocycles. The van der Waals surface area contributed by atoms with Crippen LogP contribution in [0.25, 0.3) is 0 Å². The van der Waals surface area contributed by atoms with E-state index < -0.39 is 8.56 Å². The van der Waals surface area contributed by atoms with Gasteiger partial charge in [-0.15, -0.1) is 0 Å². The van der Waals surface area contributed by atoms with E-state index in [0.29, 0.717) is 0 Å². The highest BCUT2D eigenvalue weighted by Crippen LogP contribution is 2.17. The molecule has 17 heavy (non-hydrogen) atoms. The Labute approximate surface area is 114 Å². The van der Waals surface area contributed by atoms with Crippen molar-refractivity contribution in [2.75, 3.05) is 20.0 Å². The van der Waals surface area contributed by atoms with Crippen LogP contribution in [0.2, 0.25) is 12.6 Å². The molecule has 0 saturated heterocycles. The van der Waals surface area contributed by atoms with Crippen molar-refractivity contribution >= 4 is 21.2 Å². The van der Waals surface area contributed by atoms with E-state index in [1.165, 1.54) is 51.4 Å². The van der Waals surface area contributed by atoms with Crippen molar-refractivity contribution in [3.63, 3.8) is 0 Å². The maximum Gasteiger partial charge on any atom is 0.334 e. The first-order chi connectivity index (χ1) is 8.18. The van der Waals surface area contributed by atoms with E-state index in [0.717, 1.165) is 11.8 Å². The molecule has 0 bridgehead atoms. The molecule has 4 heteroatoms. The summed E-state index contributed by atoms with van der Waals surface area (Å²) < 4.78 is 10.9. The zero-order chi connectivity index (χ0) is 13.0. The lowest BCUT2D eigenvalue weighted by atomic mass is 10.1. The van der Waals surface area contributed by atoms with Crippen LogP contribution in [0.5, 0.6) is 0 Å². The van der Waals surface area contributed by atoms with Gasteiger partial charge in [-0.2, -0.15) is 12.6 Å². The van der Waals surface area contributed by atoms with Gasteiger partial charge in [-0.25, -0.2) is 0 Å². The molecule has 2 nitrogen and oxygen atoms in total. The molecule has 0 rings (SSSR count). The molecular formula is C13H30O2SSi.